The molecule has 1 aromatic carbocycles. The van der Waals surface area contributed by atoms with Crippen LogP contribution >= 0.6 is 0 Å². The molecule has 0 aliphatic carbocycles. The summed E-state index contributed by atoms with van der Waals surface area (Å²) in [6.45, 7) is 0. The molecule has 0 spiro atoms. The minimum Gasteiger partial charge on any atom is -0.356 e. The van der Waals surface area contributed by atoms with Gasteiger partial charge in [-0.05, 0) is 0 Å². The van der Waals surface area contributed by atoms with Gasteiger partial charge in [0.2, 0.25) is 0 Å². The Bertz CT molecular complexity index is 210. The fourth-order valence-electron chi connectivity index (χ4n) is 0.385. The quantitative estimate of drug-likeness (QED) is 0.354. The van der Waals surface area contributed by atoms with Crippen LogP contribution in [0.15, 0.2) is 36.4 Å². The molecule has 80 valence electrons. The van der Waals surface area contributed by atoms with E-state index in [0.29, 0.717) is 0 Å². The van der Waals surface area contributed by atoms with Crippen molar-refractivity contribution in [2.75, 3.05) is 0 Å². The smallest absolute Gasteiger partial charge is 0.356 e. The van der Waals surface area contributed by atoms with Gasteiger partial charge in [0.15, 0.2) is 0 Å². The topological polar surface area (TPSA) is 132 Å². The third kappa shape index (κ3) is 67.6. The molecular weight excluding hydrogens is 403 g/mol. The van der Waals surface area contributed by atoms with Gasteiger partial charge < -0.3 is 30.6 Å². The zero-order chi connectivity index (χ0) is 11.4. The van der Waals surface area contributed by atoms with E-state index in [1.54, 1.807) is 0 Å². The SMILES string of the molecule is O=[N+]([O-])[O-].O=[N+]([O-])[O-].[Pb+2].c1ccccc1. The van der Waals surface area contributed by atoms with Crippen LogP contribution in [0.1, 0.15) is 0 Å². The summed E-state index contributed by atoms with van der Waals surface area (Å²) in [5.41, 5.74) is 0. The summed E-state index contributed by atoms with van der Waals surface area (Å²) in [7, 11) is 0. The van der Waals surface area contributed by atoms with E-state index in [2.05, 4.69) is 0 Å². The molecule has 0 fully saturated rings. The van der Waals surface area contributed by atoms with Crippen molar-refractivity contribution in [2.24, 2.45) is 0 Å². The number of benzene rings is 1. The number of hydrogen-bond acceptors (Lipinski definition) is 6. The molecule has 0 saturated carbocycles. The summed E-state index contributed by atoms with van der Waals surface area (Å²) in [6.07, 6.45) is 0. The monoisotopic (exact) mass is 410 g/mol. The van der Waals surface area contributed by atoms with E-state index in [9.17, 15) is 0 Å². The number of nitrogens with zero attached hydrogens (tertiary/aromatic N) is 2. The second-order valence-electron chi connectivity index (χ2n) is 1.60. The van der Waals surface area contributed by atoms with Gasteiger partial charge in [0, 0.05) is 0 Å². The maximum atomic E-state index is 8.25. The van der Waals surface area contributed by atoms with Gasteiger partial charge in [0.25, 0.3) is 0 Å². The molecule has 2 radical (unpaired) electrons. The molecule has 15 heavy (non-hydrogen) atoms. The van der Waals surface area contributed by atoms with Crippen molar-refractivity contribution in [1.82, 2.24) is 0 Å². The Balaban J connectivity index is -0.000000145. The molecule has 1 rings (SSSR count). The number of rotatable bonds is 0. The van der Waals surface area contributed by atoms with E-state index in [1.807, 2.05) is 36.4 Å². The van der Waals surface area contributed by atoms with Gasteiger partial charge in [-0.3, -0.25) is 0 Å². The molecule has 1 aromatic rings. The first-order valence-electron chi connectivity index (χ1n) is 3.10. The average molecular weight is 409 g/mol. The van der Waals surface area contributed by atoms with Crippen LogP contribution in [0.4, 0.5) is 0 Å². The van der Waals surface area contributed by atoms with Gasteiger partial charge in [0.1, 0.15) is 0 Å². The summed E-state index contributed by atoms with van der Waals surface area (Å²) < 4.78 is 0. The second kappa shape index (κ2) is 15.0. The maximum absolute atomic E-state index is 8.25. The standard InChI is InChI=1S/C6H6.2NO3.Pb/c1-2-4-6-5-3-1;2*2-1(3)4;/h1-6H;;;/q;2*-1;+2. The van der Waals surface area contributed by atoms with Crippen LogP contribution in [0.3, 0.4) is 0 Å². The van der Waals surface area contributed by atoms with Gasteiger partial charge in [-0.25, -0.2) is 0 Å². The Kier molecular flexibility index (Phi) is 19.2. The van der Waals surface area contributed by atoms with Crippen molar-refractivity contribution in [1.29, 1.82) is 0 Å². The Labute approximate surface area is 105 Å². The van der Waals surface area contributed by atoms with E-state index >= 15 is 0 Å². The van der Waals surface area contributed by atoms with Crippen molar-refractivity contribution in [3.63, 3.8) is 0 Å². The van der Waals surface area contributed by atoms with E-state index in [1.165, 1.54) is 0 Å². The Morgan fingerprint density at radius 3 is 0.733 bits per heavy atom. The van der Waals surface area contributed by atoms with Crippen LogP contribution in [0, 0.1) is 30.6 Å². The Morgan fingerprint density at radius 1 is 0.600 bits per heavy atom. The predicted molar refractivity (Wildman–Crippen MR) is 52.9 cm³/mol. The molecule has 8 nitrogen and oxygen atoms in total. The third-order valence-electron chi connectivity index (χ3n) is 0.667. The molecule has 9 heteroatoms. The fraction of sp³-hybridized carbons (Fsp3) is 0. The zero-order valence-corrected chi connectivity index (χ0v) is 11.2. The van der Waals surface area contributed by atoms with Crippen molar-refractivity contribution >= 4 is 27.3 Å². The summed E-state index contributed by atoms with van der Waals surface area (Å²) in [4.78, 5) is 16.5. The molecular formula is C6H6N2O6Pb. The second-order valence-corrected chi connectivity index (χ2v) is 1.60. The van der Waals surface area contributed by atoms with Crippen molar-refractivity contribution < 1.29 is 10.2 Å². The molecule has 0 saturated heterocycles. The summed E-state index contributed by atoms with van der Waals surface area (Å²) in [6, 6.07) is 12.0. The van der Waals surface area contributed by atoms with E-state index in [4.69, 9.17) is 30.6 Å². The van der Waals surface area contributed by atoms with E-state index in [0.717, 1.165) is 0 Å². The zero-order valence-electron chi connectivity index (χ0n) is 7.31. The van der Waals surface area contributed by atoms with Crippen LogP contribution in [0.2, 0.25) is 0 Å². The summed E-state index contributed by atoms with van der Waals surface area (Å²) >= 11 is 0. The molecule has 0 N–H and O–H groups in total. The molecule has 0 atom stereocenters. The molecule has 0 amide bonds. The van der Waals surface area contributed by atoms with Crippen LogP contribution < -0.4 is 0 Å². The Hall–Kier alpha value is -1.46. The van der Waals surface area contributed by atoms with Crippen LogP contribution in [0.25, 0.3) is 0 Å². The first kappa shape index (κ1) is 19.2. The van der Waals surface area contributed by atoms with Gasteiger partial charge in [0.05, 0.1) is 10.2 Å². The summed E-state index contributed by atoms with van der Waals surface area (Å²) in [5.74, 6) is 0. The molecule has 0 aromatic heterocycles. The van der Waals surface area contributed by atoms with Gasteiger partial charge in [-0.15, -0.1) is 0 Å². The molecule has 0 bridgehead atoms. The average Bonchev–Trinajstić information content (AvgIpc) is 2.05. The van der Waals surface area contributed by atoms with Crippen LogP contribution in [-0.4, -0.2) is 37.5 Å². The first-order chi connectivity index (χ1) is 6.46. The molecule has 0 aliphatic rings. The predicted octanol–water partition coefficient (Wildman–Crippen LogP) is 0.828. The molecule has 0 heterocycles. The van der Waals surface area contributed by atoms with E-state index in [-0.39, 0.29) is 27.3 Å². The van der Waals surface area contributed by atoms with Crippen molar-refractivity contribution in [3.05, 3.63) is 67.0 Å². The molecule has 0 unspecified atom stereocenters. The molecule has 0 aliphatic heterocycles. The number of hydrogen-bond donors (Lipinski definition) is 0. The summed E-state index contributed by atoms with van der Waals surface area (Å²) in [5, 5.41) is 29.5. The Morgan fingerprint density at radius 2 is 0.667 bits per heavy atom. The van der Waals surface area contributed by atoms with Crippen LogP contribution in [-0.2, 0) is 0 Å². The van der Waals surface area contributed by atoms with Gasteiger partial charge >= 0.3 is 27.3 Å². The van der Waals surface area contributed by atoms with Crippen LogP contribution in [0.5, 0.6) is 0 Å². The van der Waals surface area contributed by atoms with Gasteiger partial charge in [-0.2, -0.15) is 0 Å². The van der Waals surface area contributed by atoms with Crippen molar-refractivity contribution in [3.8, 4) is 0 Å². The largest absolute Gasteiger partial charge is 2.00 e. The normalized spacial score (nSPS) is 6.40. The van der Waals surface area contributed by atoms with Gasteiger partial charge in [-0.1, -0.05) is 36.4 Å². The maximum Gasteiger partial charge on any atom is 2.00 e. The minimum atomic E-state index is -1.75. The third-order valence-corrected chi connectivity index (χ3v) is 0.667. The van der Waals surface area contributed by atoms with E-state index < -0.39 is 10.2 Å². The fourth-order valence-corrected chi connectivity index (χ4v) is 0.385. The minimum absolute atomic E-state index is 0. The first-order valence-corrected chi connectivity index (χ1v) is 3.10. The van der Waals surface area contributed by atoms with Crippen molar-refractivity contribution in [2.45, 2.75) is 0 Å².